The molecule has 1 heterocycles. The van der Waals surface area contributed by atoms with Crippen molar-refractivity contribution in [3.63, 3.8) is 0 Å². The van der Waals surface area contributed by atoms with Crippen molar-refractivity contribution in [2.24, 2.45) is 0 Å². The number of hydrogen-bond donors (Lipinski definition) is 1. The summed E-state index contributed by atoms with van der Waals surface area (Å²) in [5, 5.41) is 11.9. The molecule has 0 saturated carbocycles. The van der Waals surface area contributed by atoms with Crippen molar-refractivity contribution in [1.82, 2.24) is 4.90 Å². The lowest BCUT2D eigenvalue weighted by Crippen LogP contribution is -2.49. The average Bonchev–Trinajstić information content (AvgIpc) is 2.89. The molecule has 3 aromatic rings. The molecule has 1 aliphatic rings. The molecule has 1 aliphatic heterocycles. The Hall–Kier alpha value is -2.89. The first-order valence-electron chi connectivity index (χ1n) is 12.7. The van der Waals surface area contributed by atoms with E-state index in [1.165, 1.54) is 6.07 Å². The Kier molecular flexibility index (Phi) is 8.42. The summed E-state index contributed by atoms with van der Waals surface area (Å²) >= 11 is 0. The summed E-state index contributed by atoms with van der Waals surface area (Å²) in [5.41, 5.74) is 1.59. The van der Waals surface area contributed by atoms with Gasteiger partial charge in [0.2, 0.25) is 0 Å². The fraction of sp³-hybridized carbons (Fsp3) is 0.400. The summed E-state index contributed by atoms with van der Waals surface area (Å²) in [5.74, 6) is 0.544. The van der Waals surface area contributed by atoms with E-state index in [1.54, 1.807) is 6.07 Å². The van der Waals surface area contributed by atoms with Crippen molar-refractivity contribution < 1.29 is 14.2 Å². The second-order valence-electron chi connectivity index (χ2n) is 9.58. The fourth-order valence-electron chi connectivity index (χ4n) is 4.85. The van der Waals surface area contributed by atoms with Gasteiger partial charge in [-0.25, -0.2) is 4.39 Å². The van der Waals surface area contributed by atoms with Crippen LogP contribution < -0.4 is 9.64 Å². The highest BCUT2D eigenvalue weighted by atomic mass is 19.1. The number of aliphatic hydroxyl groups is 1. The van der Waals surface area contributed by atoms with Gasteiger partial charge in [0, 0.05) is 38.6 Å². The number of rotatable bonds is 10. The topological polar surface area (TPSA) is 35.9 Å². The molecule has 2 atom stereocenters. The van der Waals surface area contributed by atoms with E-state index in [2.05, 4.69) is 28.9 Å². The zero-order chi connectivity index (χ0) is 24.7. The number of nitrogens with zero attached hydrogens (tertiary/aromatic N) is 2. The van der Waals surface area contributed by atoms with Gasteiger partial charge in [0.1, 0.15) is 11.6 Å². The number of hydrogen-bond acceptors (Lipinski definition) is 4. The lowest BCUT2D eigenvalue weighted by Gasteiger charge is -2.41. The van der Waals surface area contributed by atoms with Crippen molar-refractivity contribution >= 4 is 5.69 Å². The van der Waals surface area contributed by atoms with Crippen LogP contribution in [0.4, 0.5) is 10.1 Å². The Labute approximate surface area is 209 Å². The molecule has 0 radical (unpaired) electrons. The summed E-state index contributed by atoms with van der Waals surface area (Å²) in [6.45, 7) is 8.63. The summed E-state index contributed by atoms with van der Waals surface area (Å²) in [7, 11) is 0. The van der Waals surface area contributed by atoms with Gasteiger partial charge in [-0.05, 0) is 48.7 Å². The van der Waals surface area contributed by atoms with E-state index in [1.807, 2.05) is 61.5 Å². The van der Waals surface area contributed by atoms with Crippen molar-refractivity contribution in [1.29, 1.82) is 0 Å². The highest BCUT2D eigenvalue weighted by Crippen LogP contribution is 2.38. The van der Waals surface area contributed by atoms with E-state index in [9.17, 15) is 9.50 Å². The Morgan fingerprint density at radius 3 is 2.23 bits per heavy atom. The van der Waals surface area contributed by atoms with Crippen molar-refractivity contribution in [2.45, 2.75) is 38.2 Å². The standard InChI is InChI=1S/C30H37FN2O2/c1-3-4-22-35-26-16-14-25(15-17-26)30(2,34)27(24-10-6-5-7-11-24)23-32-18-20-33(21-19-32)29-13-9-8-12-28(29)31/h5-17,27,34H,3-4,18-23H2,1-2H3. The van der Waals surface area contributed by atoms with Gasteiger partial charge in [0.25, 0.3) is 0 Å². The molecule has 4 rings (SSSR count). The van der Waals surface area contributed by atoms with E-state index >= 15 is 0 Å². The van der Waals surface area contributed by atoms with Gasteiger partial charge in [-0.1, -0.05) is 67.9 Å². The summed E-state index contributed by atoms with van der Waals surface area (Å²) < 4.78 is 20.1. The third-order valence-electron chi connectivity index (χ3n) is 7.09. The van der Waals surface area contributed by atoms with Crippen LogP contribution in [0, 0.1) is 5.82 Å². The minimum Gasteiger partial charge on any atom is -0.494 e. The van der Waals surface area contributed by atoms with Crippen LogP contribution in [0.3, 0.4) is 0 Å². The number of benzene rings is 3. The molecule has 35 heavy (non-hydrogen) atoms. The monoisotopic (exact) mass is 476 g/mol. The van der Waals surface area contributed by atoms with Crippen molar-refractivity contribution in [3.05, 3.63) is 95.8 Å². The molecule has 0 spiro atoms. The zero-order valence-electron chi connectivity index (χ0n) is 20.9. The molecule has 186 valence electrons. The molecular weight excluding hydrogens is 439 g/mol. The van der Waals surface area contributed by atoms with Gasteiger partial charge in [-0.15, -0.1) is 0 Å². The van der Waals surface area contributed by atoms with E-state index in [0.29, 0.717) is 12.3 Å². The molecule has 5 heteroatoms. The third kappa shape index (κ3) is 6.22. The van der Waals surface area contributed by atoms with Crippen molar-refractivity contribution in [2.75, 3.05) is 44.2 Å². The number of halogens is 1. The first-order valence-corrected chi connectivity index (χ1v) is 12.7. The average molecular weight is 477 g/mol. The minimum absolute atomic E-state index is 0.115. The van der Waals surface area contributed by atoms with Crippen LogP contribution in [0.2, 0.25) is 0 Å². The molecule has 3 aromatic carbocycles. The number of anilines is 1. The predicted octanol–water partition coefficient (Wildman–Crippen LogP) is 5.82. The van der Waals surface area contributed by atoms with Crippen LogP contribution >= 0.6 is 0 Å². The highest BCUT2D eigenvalue weighted by molar-refractivity contribution is 5.48. The molecule has 0 bridgehead atoms. The normalized spacial score (nSPS) is 17.1. The molecule has 0 aliphatic carbocycles. The predicted molar refractivity (Wildman–Crippen MR) is 141 cm³/mol. The first-order chi connectivity index (χ1) is 17.0. The quantitative estimate of drug-likeness (QED) is 0.374. The highest BCUT2D eigenvalue weighted by Gasteiger charge is 2.36. The van der Waals surface area contributed by atoms with Crippen LogP contribution in [0.25, 0.3) is 0 Å². The van der Waals surface area contributed by atoms with Gasteiger partial charge in [0.15, 0.2) is 0 Å². The lowest BCUT2D eigenvalue weighted by molar-refractivity contribution is 0.0121. The molecule has 0 aromatic heterocycles. The van der Waals surface area contributed by atoms with Gasteiger partial charge in [0.05, 0.1) is 17.9 Å². The van der Waals surface area contributed by atoms with E-state index in [4.69, 9.17) is 4.74 Å². The van der Waals surface area contributed by atoms with Gasteiger partial charge in [-0.3, -0.25) is 4.90 Å². The SMILES string of the molecule is CCCCOc1ccc(C(C)(O)C(CN2CCN(c3ccccc3F)CC2)c2ccccc2)cc1. The molecule has 1 saturated heterocycles. The number of piperazine rings is 1. The summed E-state index contributed by atoms with van der Waals surface area (Å²) in [4.78, 5) is 4.49. The maximum absolute atomic E-state index is 14.3. The van der Waals surface area contributed by atoms with E-state index in [0.717, 1.165) is 62.4 Å². The number of ether oxygens (including phenoxy) is 1. The Balaban J connectivity index is 1.48. The van der Waals surface area contributed by atoms with Gasteiger partial charge < -0.3 is 14.7 Å². The summed E-state index contributed by atoms with van der Waals surface area (Å²) in [6, 6.07) is 25.1. The van der Waals surface area contributed by atoms with Crippen LogP contribution in [0.5, 0.6) is 5.75 Å². The zero-order valence-corrected chi connectivity index (χ0v) is 20.9. The maximum Gasteiger partial charge on any atom is 0.146 e. The molecular formula is C30H37FN2O2. The Morgan fingerprint density at radius 1 is 0.914 bits per heavy atom. The van der Waals surface area contributed by atoms with E-state index in [-0.39, 0.29) is 11.7 Å². The second-order valence-corrected chi connectivity index (χ2v) is 9.58. The molecule has 4 nitrogen and oxygen atoms in total. The number of para-hydroxylation sites is 1. The van der Waals surface area contributed by atoms with Crippen molar-refractivity contribution in [3.8, 4) is 5.75 Å². The molecule has 0 amide bonds. The summed E-state index contributed by atoms with van der Waals surface area (Å²) in [6.07, 6.45) is 2.12. The molecule has 1 fully saturated rings. The molecule has 2 unspecified atom stereocenters. The van der Waals surface area contributed by atoms with Crippen LogP contribution in [-0.2, 0) is 5.60 Å². The van der Waals surface area contributed by atoms with Crippen LogP contribution in [0.1, 0.15) is 43.7 Å². The van der Waals surface area contributed by atoms with E-state index < -0.39 is 5.60 Å². The minimum atomic E-state index is -1.06. The van der Waals surface area contributed by atoms with Gasteiger partial charge >= 0.3 is 0 Å². The Bertz CT molecular complexity index is 1050. The fourth-order valence-corrected chi connectivity index (χ4v) is 4.85. The van der Waals surface area contributed by atoms with Crippen LogP contribution in [-0.4, -0.2) is 49.3 Å². The van der Waals surface area contributed by atoms with Gasteiger partial charge in [-0.2, -0.15) is 0 Å². The second kappa shape index (κ2) is 11.7. The first kappa shape index (κ1) is 25.2. The number of unbranched alkanes of at least 4 members (excludes halogenated alkanes) is 1. The van der Waals surface area contributed by atoms with Crippen LogP contribution in [0.15, 0.2) is 78.9 Å². The molecule has 1 N–H and O–H groups in total. The third-order valence-corrected chi connectivity index (χ3v) is 7.09. The Morgan fingerprint density at radius 2 is 1.57 bits per heavy atom. The smallest absolute Gasteiger partial charge is 0.146 e. The largest absolute Gasteiger partial charge is 0.494 e. The maximum atomic E-state index is 14.3. The lowest BCUT2D eigenvalue weighted by atomic mass is 9.78.